The Morgan fingerprint density at radius 3 is 2.71 bits per heavy atom. The molecule has 0 saturated heterocycles. The Hall–Kier alpha value is -4.90. The molecule has 3 aromatic heterocycles. The van der Waals surface area contributed by atoms with Crippen LogP contribution in [0.25, 0.3) is 22.3 Å². The number of carbonyl (C=O) groups is 1. The van der Waals surface area contributed by atoms with Gasteiger partial charge in [-0.1, -0.05) is 18.2 Å². The summed E-state index contributed by atoms with van der Waals surface area (Å²) < 4.78 is 59.4. The van der Waals surface area contributed by atoms with Crippen molar-refractivity contribution in [3.63, 3.8) is 0 Å². The van der Waals surface area contributed by atoms with Crippen LogP contribution in [0.4, 0.5) is 14.6 Å². The number of nitrogens with one attached hydrogen (secondary N) is 2. The maximum atomic E-state index is 15.3. The molecule has 0 bridgehead atoms. The molecule has 1 saturated carbocycles. The van der Waals surface area contributed by atoms with E-state index in [0.29, 0.717) is 18.5 Å². The minimum atomic E-state index is -4.30. The zero-order valence-electron chi connectivity index (χ0n) is 24.5. The molecule has 1 unspecified atom stereocenters. The van der Waals surface area contributed by atoms with Gasteiger partial charge in [0.2, 0.25) is 10.0 Å². The number of fused-ring (bicyclic) bond motifs is 1. The number of benzene rings is 1. The summed E-state index contributed by atoms with van der Waals surface area (Å²) in [6, 6.07) is 5.74. The lowest BCUT2D eigenvalue weighted by Gasteiger charge is -2.30. The number of aromatic nitrogens is 5. The largest absolute Gasteiger partial charge is 0.365 e. The predicted octanol–water partition coefficient (Wildman–Crippen LogP) is 4.61. The van der Waals surface area contributed by atoms with Crippen LogP contribution < -0.4 is 10.6 Å². The molecule has 1 aromatic carbocycles. The first kappa shape index (κ1) is 30.1. The topological polar surface area (TPSA) is 148 Å². The van der Waals surface area contributed by atoms with Crippen molar-refractivity contribution in [2.45, 2.75) is 55.9 Å². The molecule has 2 N–H and O–H groups in total. The maximum absolute atomic E-state index is 15.3. The summed E-state index contributed by atoms with van der Waals surface area (Å²) >= 11 is 0. The second kappa shape index (κ2) is 11.6. The van der Waals surface area contributed by atoms with Crippen LogP contribution in [0.2, 0.25) is 0 Å². The highest BCUT2D eigenvalue weighted by Crippen LogP contribution is 2.38. The number of anilines is 1. The van der Waals surface area contributed by atoms with Gasteiger partial charge in [-0.05, 0) is 57.2 Å². The molecule has 45 heavy (non-hydrogen) atoms. The minimum absolute atomic E-state index is 0.00112. The smallest absolute Gasteiger partial charge is 0.271 e. The molecule has 11 nitrogen and oxygen atoms in total. The molecule has 3 atom stereocenters. The third-order valence-corrected chi connectivity index (χ3v) is 10.5. The van der Waals surface area contributed by atoms with Crippen molar-refractivity contribution in [1.29, 1.82) is 5.26 Å². The van der Waals surface area contributed by atoms with Gasteiger partial charge in [0.15, 0.2) is 17.5 Å². The van der Waals surface area contributed by atoms with Crippen molar-refractivity contribution in [2.75, 3.05) is 5.32 Å². The molecule has 1 fully saturated rings. The second-order valence-corrected chi connectivity index (χ2v) is 13.9. The van der Waals surface area contributed by atoms with Crippen molar-refractivity contribution < 1.29 is 22.0 Å². The molecule has 0 radical (unpaired) electrons. The molecule has 1 amide bonds. The Labute approximate surface area is 258 Å². The molecule has 14 heteroatoms. The average Bonchev–Trinajstić information content (AvgIpc) is 3.64. The highest BCUT2D eigenvalue weighted by atomic mass is 32.2. The van der Waals surface area contributed by atoms with E-state index < -0.39 is 26.4 Å². The SMILES string of the molecule is Cn1cnc(C(=O)N[C@@H]2CCC[C@H](Nc3nc(-c4cn(S(=O)(=O)C5(C)C=C(C#N)C=CC5)c5c(F)cccc45)ncc3F)C2)c1. The normalized spacial score (nSPS) is 21.7. The van der Waals surface area contributed by atoms with Gasteiger partial charge in [-0.25, -0.2) is 36.1 Å². The molecule has 3 heterocycles. The van der Waals surface area contributed by atoms with Gasteiger partial charge in [0.05, 0.1) is 18.6 Å². The summed E-state index contributed by atoms with van der Waals surface area (Å²) in [5.74, 6) is -1.86. The first-order valence-corrected chi connectivity index (χ1v) is 15.9. The lowest BCUT2D eigenvalue weighted by molar-refractivity contribution is 0.0921. The van der Waals surface area contributed by atoms with Gasteiger partial charge in [0, 0.05) is 48.0 Å². The van der Waals surface area contributed by atoms with E-state index in [2.05, 4.69) is 25.6 Å². The van der Waals surface area contributed by atoms with E-state index in [9.17, 15) is 18.5 Å². The molecular formula is C31H30F2N8O3S. The van der Waals surface area contributed by atoms with Gasteiger partial charge >= 0.3 is 0 Å². The van der Waals surface area contributed by atoms with E-state index in [-0.39, 0.29) is 58.1 Å². The standard InChI is InChI=1S/C31H30F2N8O3S/c1-31(11-5-6-19(13-31)14-34)45(43,44)41-16-23(22-9-4-10-24(32)27(22)41)28-35-15-25(33)29(39-28)37-20-7-3-8-21(12-20)38-30(42)26-17-40(2)18-36-26/h4-6,9-10,13,15-18,20-21H,3,7-8,11-12H2,1-2H3,(H,38,42)(H,35,37,39)/t20-,21+,31?/m0/s1. The van der Waals surface area contributed by atoms with E-state index in [4.69, 9.17) is 0 Å². The summed E-state index contributed by atoms with van der Waals surface area (Å²) in [6.07, 6.45) is 12.8. The van der Waals surface area contributed by atoms with E-state index in [1.165, 1.54) is 25.3 Å². The summed E-state index contributed by atoms with van der Waals surface area (Å²) in [4.78, 5) is 25.3. The number of aryl methyl sites for hydroxylation is 1. The van der Waals surface area contributed by atoms with Crippen LogP contribution in [0, 0.1) is 23.0 Å². The quantitative estimate of drug-likeness (QED) is 0.300. The van der Waals surface area contributed by atoms with Crippen LogP contribution in [0.1, 0.15) is 49.5 Å². The Morgan fingerprint density at radius 1 is 1.16 bits per heavy atom. The molecule has 2 aliphatic rings. The lowest BCUT2D eigenvalue weighted by atomic mass is 9.91. The van der Waals surface area contributed by atoms with E-state index in [0.717, 1.165) is 29.1 Å². The van der Waals surface area contributed by atoms with Crippen LogP contribution in [-0.4, -0.2) is 54.6 Å². The zero-order chi connectivity index (χ0) is 31.9. The highest BCUT2D eigenvalue weighted by Gasteiger charge is 2.41. The number of rotatable bonds is 7. The van der Waals surface area contributed by atoms with Crippen LogP contribution in [0.3, 0.4) is 0 Å². The van der Waals surface area contributed by atoms with Gasteiger partial charge in [-0.15, -0.1) is 0 Å². The second-order valence-electron chi connectivity index (χ2n) is 11.6. The molecular weight excluding hydrogens is 602 g/mol. The Morgan fingerprint density at radius 2 is 1.96 bits per heavy atom. The molecule has 0 spiro atoms. The van der Waals surface area contributed by atoms with Crippen molar-refractivity contribution in [3.8, 4) is 17.5 Å². The van der Waals surface area contributed by atoms with Gasteiger partial charge in [0.25, 0.3) is 5.91 Å². The van der Waals surface area contributed by atoms with Crippen molar-refractivity contribution in [3.05, 3.63) is 84.2 Å². The summed E-state index contributed by atoms with van der Waals surface area (Å²) in [6.45, 7) is 1.47. The maximum Gasteiger partial charge on any atom is 0.271 e. The molecule has 4 aromatic rings. The van der Waals surface area contributed by atoms with Crippen LogP contribution >= 0.6 is 0 Å². The van der Waals surface area contributed by atoms with Crippen molar-refractivity contribution in [2.24, 2.45) is 7.05 Å². The predicted molar refractivity (Wildman–Crippen MR) is 163 cm³/mol. The third kappa shape index (κ3) is 5.59. The van der Waals surface area contributed by atoms with Crippen LogP contribution in [0.15, 0.2) is 66.9 Å². The average molecular weight is 633 g/mol. The number of nitrogens with zero attached hydrogens (tertiary/aromatic N) is 6. The fourth-order valence-electron chi connectivity index (χ4n) is 5.94. The zero-order valence-corrected chi connectivity index (χ0v) is 25.4. The van der Waals surface area contributed by atoms with E-state index >= 15 is 8.78 Å². The number of allylic oxidation sites excluding steroid dienone is 3. The summed E-state index contributed by atoms with van der Waals surface area (Å²) in [5, 5.41) is 15.7. The number of nitriles is 1. The number of hydrogen-bond acceptors (Lipinski definition) is 8. The number of hydrogen-bond donors (Lipinski definition) is 2. The van der Waals surface area contributed by atoms with Crippen molar-refractivity contribution in [1.82, 2.24) is 28.8 Å². The fourth-order valence-corrected chi connectivity index (χ4v) is 7.64. The highest BCUT2D eigenvalue weighted by molar-refractivity contribution is 7.91. The van der Waals surface area contributed by atoms with Gasteiger partial charge in [-0.2, -0.15) is 5.26 Å². The van der Waals surface area contributed by atoms with E-state index in [1.807, 2.05) is 6.07 Å². The molecule has 6 rings (SSSR count). The Kier molecular flexibility index (Phi) is 7.74. The van der Waals surface area contributed by atoms with Gasteiger partial charge in [0.1, 0.15) is 21.8 Å². The Balaban J connectivity index is 1.31. The van der Waals surface area contributed by atoms with Crippen molar-refractivity contribution >= 4 is 32.7 Å². The molecule has 0 aliphatic heterocycles. The molecule has 2 aliphatic carbocycles. The third-order valence-electron chi connectivity index (χ3n) is 8.28. The molecule has 232 valence electrons. The summed E-state index contributed by atoms with van der Waals surface area (Å²) in [5.41, 5.74) is 0.492. The Bertz CT molecular complexity index is 2030. The van der Waals surface area contributed by atoms with Gasteiger partial charge < -0.3 is 15.2 Å². The fraction of sp³-hybridized carbons (Fsp3) is 0.323. The number of imidazole rings is 1. The summed E-state index contributed by atoms with van der Waals surface area (Å²) in [7, 11) is -2.53. The number of para-hydroxylation sites is 1. The first-order valence-electron chi connectivity index (χ1n) is 14.4. The monoisotopic (exact) mass is 632 g/mol. The van der Waals surface area contributed by atoms with Crippen LogP contribution in [0.5, 0.6) is 0 Å². The van der Waals surface area contributed by atoms with E-state index in [1.54, 1.807) is 42.4 Å². The van der Waals surface area contributed by atoms with Crippen LogP contribution in [-0.2, 0) is 17.1 Å². The number of amides is 1. The minimum Gasteiger partial charge on any atom is -0.365 e. The first-order chi connectivity index (χ1) is 21.5. The number of carbonyl (C=O) groups excluding carboxylic acids is 1. The number of halogens is 2. The van der Waals surface area contributed by atoms with Gasteiger partial charge in [-0.3, -0.25) is 4.79 Å². The lowest BCUT2D eigenvalue weighted by Crippen LogP contribution is -2.42.